The van der Waals surface area contributed by atoms with Crippen LogP contribution in [-0.4, -0.2) is 37.3 Å². The number of ether oxygens (including phenoxy) is 1. The van der Waals surface area contributed by atoms with Crippen LogP contribution >= 0.6 is 0 Å². The largest absolute Gasteiger partial charge is 0.352 e. The van der Waals surface area contributed by atoms with Crippen molar-refractivity contribution in [1.29, 1.82) is 0 Å². The first-order chi connectivity index (χ1) is 4.88. The van der Waals surface area contributed by atoms with E-state index in [-0.39, 0.29) is 0 Å². The van der Waals surface area contributed by atoms with Crippen molar-refractivity contribution < 1.29 is 14.4 Å². The zero-order valence-electron chi connectivity index (χ0n) is 5.95. The normalized spacial score (nSPS) is 27.1. The number of hydroxylamine groups is 2. The van der Waals surface area contributed by atoms with Gasteiger partial charge in [0.15, 0.2) is 12.5 Å². The SMILES string of the molecule is CCON1CCOC1C=O. The van der Waals surface area contributed by atoms with Crippen LogP contribution in [0.3, 0.4) is 0 Å². The van der Waals surface area contributed by atoms with Crippen molar-refractivity contribution in [2.75, 3.05) is 19.8 Å². The minimum atomic E-state index is -0.486. The fraction of sp³-hybridized carbons (Fsp3) is 0.833. The first-order valence-corrected chi connectivity index (χ1v) is 3.35. The third-order valence-electron chi connectivity index (χ3n) is 1.30. The summed E-state index contributed by atoms with van der Waals surface area (Å²) < 4.78 is 5.00. The molecule has 1 rings (SSSR count). The van der Waals surface area contributed by atoms with Crippen LogP contribution in [0.2, 0.25) is 0 Å². The molecule has 4 heteroatoms. The summed E-state index contributed by atoms with van der Waals surface area (Å²) in [6.07, 6.45) is 0.253. The summed E-state index contributed by atoms with van der Waals surface area (Å²) in [5.74, 6) is 0. The highest BCUT2D eigenvalue weighted by Gasteiger charge is 2.24. The van der Waals surface area contributed by atoms with Crippen molar-refractivity contribution >= 4 is 6.29 Å². The van der Waals surface area contributed by atoms with E-state index in [0.29, 0.717) is 19.8 Å². The molecule has 1 unspecified atom stereocenters. The Bertz CT molecular complexity index is 118. The molecule has 1 saturated heterocycles. The Morgan fingerprint density at radius 2 is 2.70 bits per heavy atom. The third-order valence-corrected chi connectivity index (χ3v) is 1.30. The molecule has 0 bridgehead atoms. The van der Waals surface area contributed by atoms with Crippen LogP contribution in [-0.2, 0) is 14.4 Å². The average Bonchev–Trinajstić information content (AvgIpc) is 2.36. The minimum Gasteiger partial charge on any atom is -0.352 e. The smallest absolute Gasteiger partial charge is 0.188 e. The molecule has 1 aliphatic heterocycles. The summed E-state index contributed by atoms with van der Waals surface area (Å²) in [6, 6.07) is 0. The maximum Gasteiger partial charge on any atom is 0.188 e. The molecule has 0 amide bonds. The molecule has 10 heavy (non-hydrogen) atoms. The predicted molar refractivity (Wildman–Crippen MR) is 34.1 cm³/mol. The molecule has 1 fully saturated rings. The van der Waals surface area contributed by atoms with Gasteiger partial charge in [-0.1, -0.05) is 0 Å². The third kappa shape index (κ3) is 1.53. The lowest BCUT2D eigenvalue weighted by molar-refractivity contribution is -0.194. The quantitative estimate of drug-likeness (QED) is 0.515. The van der Waals surface area contributed by atoms with Crippen molar-refractivity contribution in [3.8, 4) is 0 Å². The van der Waals surface area contributed by atoms with Gasteiger partial charge in [0, 0.05) is 0 Å². The van der Waals surface area contributed by atoms with E-state index >= 15 is 0 Å². The predicted octanol–water partition coefficient (Wildman–Crippen LogP) is -0.205. The lowest BCUT2D eigenvalue weighted by Gasteiger charge is -2.15. The van der Waals surface area contributed by atoms with E-state index in [1.807, 2.05) is 6.92 Å². The number of nitrogens with zero attached hydrogens (tertiary/aromatic N) is 1. The molecule has 0 aliphatic carbocycles. The van der Waals surface area contributed by atoms with Gasteiger partial charge in [0.05, 0.1) is 19.8 Å². The number of carbonyl (C=O) groups is 1. The van der Waals surface area contributed by atoms with Gasteiger partial charge in [-0.3, -0.25) is 9.63 Å². The second-order valence-electron chi connectivity index (χ2n) is 1.96. The molecule has 0 saturated carbocycles. The van der Waals surface area contributed by atoms with Crippen LogP contribution in [0.15, 0.2) is 0 Å². The van der Waals surface area contributed by atoms with Gasteiger partial charge in [-0.15, -0.1) is 0 Å². The van der Waals surface area contributed by atoms with E-state index in [0.717, 1.165) is 6.29 Å². The highest BCUT2D eigenvalue weighted by atomic mass is 16.7. The summed E-state index contributed by atoms with van der Waals surface area (Å²) in [6.45, 7) is 3.70. The fourth-order valence-electron chi connectivity index (χ4n) is 0.885. The molecule has 1 aliphatic rings. The Labute approximate surface area is 59.7 Å². The second-order valence-corrected chi connectivity index (χ2v) is 1.96. The molecule has 0 spiro atoms. The number of aldehydes is 1. The van der Waals surface area contributed by atoms with Crippen LogP contribution in [0, 0.1) is 0 Å². The van der Waals surface area contributed by atoms with Crippen molar-refractivity contribution in [3.63, 3.8) is 0 Å². The van der Waals surface area contributed by atoms with Crippen molar-refractivity contribution in [2.45, 2.75) is 13.2 Å². The molecule has 0 radical (unpaired) electrons. The van der Waals surface area contributed by atoms with E-state index in [1.54, 1.807) is 5.06 Å². The van der Waals surface area contributed by atoms with Crippen LogP contribution < -0.4 is 0 Å². The molecule has 58 valence electrons. The summed E-state index contributed by atoms with van der Waals surface area (Å²) >= 11 is 0. The zero-order chi connectivity index (χ0) is 7.40. The number of carbonyl (C=O) groups excluding carboxylic acids is 1. The molecule has 1 heterocycles. The number of rotatable bonds is 3. The van der Waals surface area contributed by atoms with Gasteiger partial charge < -0.3 is 4.74 Å². The van der Waals surface area contributed by atoms with Gasteiger partial charge in [-0.25, -0.2) is 0 Å². The number of hydrogen-bond donors (Lipinski definition) is 0. The van der Waals surface area contributed by atoms with Gasteiger partial charge >= 0.3 is 0 Å². The molecule has 0 N–H and O–H groups in total. The maximum atomic E-state index is 10.2. The van der Waals surface area contributed by atoms with Gasteiger partial charge in [0.25, 0.3) is 0 Å². The van der Waals surface area contributed by atoms with Crippen LogP contribution in [0.4, 0.5) is 0 Å². The topological polar surface area (TPSA) is 38.8 Å². The first kappa shape index (κ1) is 7.65. The first-order valence-electron chi connectivity index (χ1n) is 3.35. The molecule has 0 aromatic heterocycles. The van der Waals surface area contributed by atoms with Crippen LogP contribution in [0.5, 0.6) is 0 Å². The maximum absolute atomic E-state index is 10.2. The zero-order valence-corrected chi connectivity index (χ0v) is 5.95. The highest BCUT2D eigenvalue weighted by molar-refractivity contribution is 5.55. The Hall–Kier alpha value is -0.450. The summed E-state index contributed by atoms with van der Waals surface area (Å²) in [5.41, 5.74) is 0. The average molecular weight is 145 g/mol. The lowest BCUT2D eigenvalue weighted by Crippen LogP contribution is -2.31. The van der Waals surface area contributed by atoms with Crippen LogP contribution in [0.1, 0.15) is 6.92 Å². The van der Waals surface area contributed by atoms with Gasteiger partial charge in [0.2, 0.25) is 0 Å². The number of hydrogen-bond acceptors (Lipinski definition) is 4. The molecule has 4 nitrogen and oxygen atoms in total. The summed E-state index contributed by atoms with van der Waals surface area (Å²) in [5, 5.41) is 1.55. The second kappa shape index (κ2) is 3.65. The van der Waals surface area contributed by atoms with E-state index in [4.69, 9.17) is 9.57 Å². The van der Waals surface area contributed by atoms with Gasteiger partial charge in [0.1, 0.15) is 0 Å². The molecular formula is C6H11NO3. The van der Waals surface area contributed by atoms with E-state index in [1.165, 1.54) is 0 Å². The Morgan fingerprint density at radius 1 is 1.90 bits per heavy atom. The fourth-order valence-corrected chi connectivity index (χ4v) is 0.885. The van der Waals surface area contributed by atoms with Crippen molar-refractivity contribution in [1.82, 2.24) is 5.06 Å². The van der Waals surface area contributed by atoms with Crippen molar-refractivity contribution in [3.05, 3.63) is 0 Å². The van der Waals surface area contributed by atoms with E-state index in [9.17, 15) is 4.79 Å². The van der Waals surface area contributed by atoms with E-state index in [2.05, 4.69) is 0 Å². The van der Waals surface area contributed by atoms with Gasteiger partial charge in [-0.2, -0.15) is 5.06 Å². The van der Waals surface area contributed by atoms with Crippen molar-refractivity contribution in [2.24, 2.45) is 0 Å². The standard InChI is InChI=1S/C6H11NO3/c1-2-10-7-3-4-9-6(7)5-8/h5-6H,2-4H2,1H3. The molecule has 0 aromatic rings. The lowest BCUT2D eigenvalue weighted by atomic mass is 10.6. The van der Waals surface area contributed by atoms with E-state index < -0.39 is 6.23 Å². The van der Waals surface area contributed by atoms with Gasteiger partial charge in [-0.05, 0) is 6.92 Å². The molecule has 1 atom stereocenters. The van der Waals surface area contributed by atoms with Crippen LogP contribution in [0.25, 0.3) is 0 Å². The monoisotopic (exact) mass is 145 g/mol. The highest BCUT2D eigenvalue weighted by Crippen LogP contribution is 2.06. The molecule has 0 aromatic carbocycles. The summed E-state index contributed by atoms with van der Waals surface area (Å²) in [4.78, 5) is 15.3. The Balaban J connectivity index is 2.34. The molecular weight excluding hydrogens is 134 g/mol. The minimum absolute atomic E-state index is 0.486. The Morgan fingerprint density at radius 3 is 3.30 bits per heavy atom. The Kier molecular flexibility index (Phi) is 2.80. The summed E-state index contributed by atoms with van der Waals surface area (Å²) in [7, 11) is 0.